The van der Waals surface area contributed by atoms with Crippen LogP contribution in [0, 0.1) is 5.92 Å². The van der Waals surface area contributed by atoms with Crippen molar-refractivity contribution in [2.24, 2.45) is 5.92 Å². The molecule has 0 atom stereocenters. The van der Waals surface area contributed by atoms with Crippen molar-refractivity contribution in [2.45, 2.75) is 32.1 Å². The van der Waals surface area contributed by atoms with E-state index in [1.165, 1.54) is 32.1 Å². The Balaban J connectivity index is 1.95. The first-order valence-electron chi connectivity index (χ1n) is 6.93. The lowest BCUT2D eigenvalue weighted by atomic mass is 9.89. The Hall–Kier alpha value is -1.71. The molecule has 1 aliphatic carbocycles. The molecule has 0 aliphatic heterocycles. The number of ether oxygens (including phenoxy) is 1. The zero-order valence-corrected chi connectivity index (χ0v) is 11.4. The first-order chi connectivity index (χ1) is 9.22. The number of rotatable bonds is 4. The van der Waals surface area contributed by atoms with Crippen LogP contribution >= 0.6 is 0 Å². The van der Waals surface area contributed by atoms with Crippen molar-refractivity contribution in [1.29, 1.82) is 0 Å². The summed E-state index contributed by atoms with van der Waals surface area (Å²) in [6.45, 7) is 0.746. The fraction of sp³-hybridized carbons (Fsp3) is 0.533. The monoisotopic (exact) mass is 262 g/mol. The molecule has 0 heterocycles. The van der Waals surface area contributed by atoms with Crippen LogP contribution in [0.4, 0.5) is 5.69 Å². The van der Waals surface area contributed by atoms with Crippen molar-refractivity contribution in [3.05, 3.63) is 23.8 Å². The topological polar surface area (TPSA) is 64.3 Å². The summed E-state index contributed by atoms with van der Waals surface area (Å²) in [5.41, 5.74) is 6.82. The van der Waals surface area contributed by atoms with Crippen LogP contribution in [0.1, 0.15) is 42.5 Å². The second-order valence-corrected chi connectivity index (χ2v) is 5.14. The first kappa shape index (κ1) is 13.7. The SMILES string of the molecule is COc1cccc(C(=O)NCC2CCCCC2)c1N. The molecule has 3 N–H and O–H groups in total. The van der Waals surface area contributed by atoms with Gasteiger partial charge in [0.2, 0.25) is 0 Å². The largest absolute Gasteiger partial charge is 0.495 e. The zero-order valence-electron chi connectivity index (χ0n) is 11.4. The highest BCUT2D eigenvalue weighted by atomic mass is 16.5. The number of anilines is 1. The highest BCUT2D eigenvalue weighted by Crippen LogP contribution is 2.25. The minimum atomic E-state index is -0.109. The number of hydrogen-bond donors (Lipinski definition) is 2. The third-order valence-corrected chi connectivity index (χ3v) is 3.81. The Morgan fingerprint density at radius 2 is 2.11 bits per heavy atom. The quantitative estimate of drug-likeness (QED) is 0.820. The summed E-state index contributed by atoms with van der Waals surface area (Å²) in [7, 11) is 1.55. The second kappa shape index (κ2) is 6.45. The predicted molar refractivity (Wildman–Crippen MR) is 76.3 cm³/mol. The molecule has 0 aromatic heterocycles. The third-order valence-electron chi connectivity index (χ3n) is 3.81. The van der Waals surface area contributed by atoms with E-state index in [0.29, 0.717) is 22.9 Å². The molecular formula is C15H22N2O2. The van der Waals surface area contributed by atoms with Crippen molar-refractivity contribution in [3.63, 3.8) is 0 Å². The number of amides is 1. The van der Waals surface area contributed by atoms with Crippen molar-refractivity contribution in [3.8, 4) is 5.75 Å². The fourth-order valence-electron chi connectivity index (χ4n) is 2.64. The van der Waals surface area contributed by atoms with Gasteiger partial charge in [-0.3, -0.25) is 4.79 Å². The van der Waals surface area contributed by atoms with Crippen molar-refractivity contribution < 1.29 is 9.53 Å². The normalized spacial score (nSPS) is 16.1. The van der Waals surface area contributed by atoms with Crippen LogP contribution in [0.5, 0.6) is 5.75 Å². The molecule has 4 heteroatoms. The maximum atomic E-state index is 12.1. The van der Waals surface area contributed by atoms with Crippen LogP contribution < -0.4 is 15.8 Å². The zero-order chi connectivity index (χ0) is 13.7. The van der Waals surface area contributed by atoms with Crippen LogP contribution in [0.2, 0.25) is 0 Å². The predicted octanol–water partition coefficient (Wildman–Crippen LogP) is 2.59. The van der Waals surface area contributed by atoms with Gasteiger partial charge in [0.25, 0.3) is 5.91 Å². The van der Waals surface area contributed by atoms with Gasteiger partial charge in [0.1, 0.15) is 5.75 Å². The molecule has 104 valence electrons. The summed E-state index contributed by atoms with van der Waals surface area (Å²) in [6, 6.07) is 5.27. The number of carbonyl (C=O) groups is 1. The number of benzene rings is 1. The second-order valence-electron chi connectivity index (χ2n) is 5.14. The van der Waals surface area contributed by atoms with Crippen LogP contribution in [-0.2, 0) is 0 Å². The Morgan fingerprint density at radius 3 is 2.79 bits per heavy atom. The van der Waals surface area contributed by atoms with E-state index < -0.39 is 0 Å². The number of carbonyl (C=O) groups excluding carboxylic acids is 1. The van der Waals surface area contributed by atoms with E-state index in [-0.39, 0.29) is 5.91 Å². The molecule has 4 nitrogen and oxygen atoms in total. The molecule has 0 spiro atoms. The van der Waals surface area contributed by atoms with E-state index in [2.05, 4.69) is 5.32 Å². The molecule has 1 aromatic carbocycles. The lowest BCUT2D eigenvalue weighted by Crippen LogP contribution is -2.30. The van der Waals surface area contributed by atoms with Crippen LogP contribution in [-0.4, -0.2) is 19.6 Å². The number of methoxy groups -OCH3 is 1. The molecule has 0 saturated heterocycles. The maximum Gasteiger partial charge on any atom is 0.253 e. The maximum absolute atomic E-state index is 12.1. The van der Waals surface area contributed by atoms with Crippen LogP contribution in [0.3, 0.4) is 0 Å². The Morgan fingerprint density at radius 1 is 1.37 bits per heavy atom. The summed E-state index contributed by atoms with van der Waals surface area (Å²) in [5, 5.41) is 2.99. The summed E-state index contributed by atoms with van der Waals surface area (Å²) in [4.78, 5) is 12.1. The number of nitrogen functional groups attached to an aromatic ring is 1. The Labute approximate surface area is 114 Å². The highest BCUT2D eigenvalue weighted by Gasteiger charge is 2.17. The standard InChI is InChI=1S/C15H22N2O2/c1-19-13-9-5-8-12(14(13)16)15(18)17-10-11-6-3-2-4-7-11/h5,8-9,11H,2-4,6-7,10,16H2,1H3,(H,17,18). The lowest BCUT2D eigenvalue weighted by Gasteiger charge is -2.22. The van der Waals surface area contributed by atoms with Crippen molar-refractivity contribution in [1.82, 2.24) is 5.32 Å². The van der Waals surface area contributed by atoms with Gasteiger partial charge in [0, 0.05) is 6.54 Å². The molecule has 0 bridgehead atoms. The van der Waals surface area contributed by atoms with E-state index in [0.717, 1.165) is 6.54 Å². The van der Waals surface area contributed by atoms with E-state index in [4.69, 9.17) is 10.5 Å². The van der Waals surface area contributed by atoms with Crippen molar-refractivity contribution >= 4 is 11.6 Å². The summed E-state index contributed by atoms with van der Waals surface area (Å²) in [5.74, 6) is 1.05. The number of hydrogen-bond acceptors (Lipinski definition) is 3. The molecule has 1 fully saturated rings. The number of nitrogens with one attached hydrogen (secondary N) is 1. The van der Waals surface area contributed by atoms with Crippen LogP contribution in [0.25, 0.3) is 0 Å². The van der Waals surface area contributed by atoms with Gasteiger partial charge in [-0.25, -0.2) is 0 Å². The molecule has 1 aromatic rings. The molecule has 2 rings (SSSR count). The average Bonchev–Trinajstić information content (AvgIpc) is 2.46. The van der Waals surface area contributed by atoms with Crippen molar-refractivity contribution in [2.75, 3.05) is 19.4 Å². The van der Waals surface area contributed by atoms with Gasteiger partial charge in [0.15, 0.2) is 0 Å². The average molecular weight is 262 g/mol. The van der Waals surface area contributed by atoms with Gasteiger partial charge in [-0.2, -0.15) is 0 Å². The molecule has 1 saturated carbocycles. The van der Waals surface area contributed by atoms with Gasteiger partial charge in [-0.1, -0.05) is 25.3 Å². The summed E-state index contributed by atoms with van der Waals surface area (Å²) < 4.78 is 5.13. The van der Waals surface area contributed by atoms with E-state index in [9.17, 15) is 4.79 Å². The molecular weight excluding hydrogens is 240 g/mol. The van der Waals surface area contributed by atoms with Gasteiger partial charge in [-0.05, 0) is 30.9 Å². The van der Waals surface area contributed by atoms with Gasteiger partial charge >= 0.3 is 0 Å². The fourth-order valence-corrected chi connectivity index (χ4v) is 2.64. The Bertz CT molecular complexity index is 440. The van der Waals surface area contributed by atoms with Gasteiger partial charge in [-0.15, -0.1) is 0 Å². The summed E-state index contributed by atoms with van der Waals surface area (Å²) in [6.07, 6.45) is 6.32. The highest BCUT2D eigenvalue weighted by molar-refractivity contribution is 6.00. The lowest BCUT2D eigenvalue weighted by molar-refractivity contribution is 0.0944. The summed E-state index contributed by atoms with van der Waals surface area (Å²) >= 11 is 0. The molecule has 0 radical (unpaired) electrons. The van der Waals surface area contributed by atoms with E-state index in [1.54, 1.807) is 25.3 Å². The number of para-hydroxylation sites is 1. The molecule has 1 amide bonds. The number of nitrogens with two attached hydrogens (primary N) is 1. The molecule has 19 heavy (non-hydrogen) atoms. The third kappa shape index (κ3) is 3.40. The first-order valence-corrected chi connectivity index (χ1v) is 6.93. The minimum absolute atomic E-state index is 0.109. The minimum Gasteiger partial charge on any atom is -0.495 e. The molecule has 1 aliphatic rings. The van der Waals surface area contributed by atoms with Gasteiger partial charge < -0.3 is 15.8 Å². The smallest absolute Gasteiger partial charge is 0.253 e. The van der Waals surface area contributed by atoms with E-state index in [1.807, 2.05) is 0 Å². The Kier molecular flexibility index (Phi) is 4.66. The van der Waals surface area contributed by atoms with Crippen LogP contribution in [0.15, 0.2) is 18.2 Å². The van der Waals surface area contributed by atoms with Gasteiger partial charge in [0.05, 0.1) is 18.4 Å². The van der Waals surface area contributed by atoms with E-state index >= 15 is 0 Å². The molecule has 0 unspecified atom stereocenters.